The molecule has 1 aromatic carbocycles. The molecule has 2 aromatic rings. The van der Waals surface area contributed by atoms with Gasteiger partial charge in [0.1, 0.15) is 0 Å². The molecular weight excluding hydrogens is 334 g/mol. The lowest BCUT2D eigenvalue weighted by molar-refractivity contribution is -0.123. The minimum absolute atomic E-state index is 0.206. The predicted octanol–water partition coefficient (Wildman–Crippen LogP) is 3.62. The maximum Gasteiger partial charge on any atom is 0.223 e. The van der Waals surface area contributed by atoms with Gasteiger partial charge in [0.25, 0.3) is 0 Å². The van der Waals surface area contributed by atoms with Gasteiger partial charge in [-0.2, -0.15) is 0 Å². The number of nitrogens with zero attached hydrogens (tertiary/aromatic N) is 2. The molecule has 2 fully saturated rings. The smallest absolute Gasteiger partial charge is 0.223 e. The fourth-order valence-electron chi connectivity index (χ4n) is 4.40. The quantitative estimate of drug-likeness (QED) is 0.882. The lowest BCUT2D eigenvalue weighted by Crippen LogP contribution is -2.36. The molecule has 1 saturated heterocycles. The van der Waals surface area contributed by atoms with Crippen LogP contribution in [0.15, 0.2) is 42.7 Å². The summed E-state index contributed by atoms with van der Waals surface area (Å²) in [5.41, 5.74) is 5.45. The summed E-state index contributed by atoms with van der Waals surface area (Å²) in [5, 5.41) is 3.10. The lowest BCUT2D eigenvalue weighted by atomic mass is 9.90. The standard InChI is InChI=1S/C23H29N3O/c1-17-5-6-19(12-18(17)2)16-26-10-7-23(8-11-26)13-21(23)22(27)25-15-20-4-3-9-24-14-20/h3-6,9,12,14,21H,7-8,10-11,13,15-16H2,1-2H3,(H,25,27). The van der Waals surface area contributed by atoms with E-state index in [0.717, 1.165) is 44.5 Å². The number of piperidine rings is 1. The Bertz CT molecular complexity index is 810. The Morgan fingerprint density at radius 2 is 2.00 bits per heavy atom. The van der Waals surface area contributed by atoms with Crippen LogP contribution in [-0.4, -0.2) is 28.9 Å². The zero-order valence-electron chi connectivity index (χ0n) is 16.4. The number of likely N-dealkylation sites (tertiary alicyclic amines) is 1. The van der Waals surface area contributed by atoms with Gasteiger partial charge in [-0.3, -0.25) is 14.7 Å². The zero-order chi connectivity index (χ0) is 18.9. The molecule has 2 heterocycles. The molecule has 27 heavy (non-hydrogen) atoms. The van der Waals surface area contributed by atoms with E-state index in [1.165, 1.54) is 16.7 Å². The van der Waals surface area contributed by atoms with Crippen LogP contribution in [-0.2, 0) is 17.9 Å². The minimum Gasteiger partial charge on any atom is -0.352 e. The monoisotopic (exact) mass is 363 g/mol. The molecule has 1 atom stereocenters. The molecule has 0 radical (unpaired) electrons. The third-order valence-electron chi connectivity index (χ3n) is 6.53. The number of rotatable bonds is 5. The van der Waals surface area contributed by atoms with Gasteiger partial charge in [-0.05, 0) is 79.9 Å². The van der Waals surface area contributed by atoms with Crippen molar-refractivity contribution in [3.63, 3.8) is 0 Å². The Hall–Kier alpha value is -2.20. The highest BCUT2D eigenvalue weighted by Crippen LogP contribution is 2.59. The number of benzene rings is 1. The van der Waals surface area contributed by atoms with E-state index in [2.05, 4.69) is 47.2 Å². The lowest BCUT2D eigenvalue weighted by Gasteiger charge is -2.33. The molecule has 4 heteroatoms. The fourth-order valence-corrected chi connectivity index (χ4v) is 4.40. The zero-order valence-corrected chi connectivity index (χ0v) is 16.4. The van der Waals surface area contributed by atoms with E-state index in [4.69, 9.17) is 0 Å². The van der Waals surface area contributed by atoms with Crippen molar-refractivity contribution in [3.8, 4) is 0 Å². The Balaban J connectivity index is 1.25. The van der Waals surface area contributed by atoms with Gasteiger partial charge < -0.3 is 5.32 Å². The third kappa shape index (κ3) is 4.06. The van der Waals surface area contributed by atoms with Crippen LogP contribution in [0.5, 0.6) is 0 Å². The first-order valence-corrected chi connectivity index (χ1v) is 10.0. The van der Waals surface area contributed by atoms with Crippen molar-refractivity contribution in [1.82, 2.24) is 15.2 Å². The van der Waals surface area contributed by atoms with Crippen LogP contribution >= 0.6 is 0 Å². The molecule has 1 spiro atoms. The van der Waals surface area contributed by atoms with Crippen molar-refractivity contribution < 1.29 is 4.79 Å². The average Bonchev–Trinajstić information content (AvgIpc) is 3.39. The number of nitrogens with one attached hydrogen (secondary N) is 1. The first kappa shape index (κ1) is 18.2. The maximum absolute atomic E-state index is 12.5. The van der Waals surface area contributed by atoms with Gasteiger partial charge in [0.05, 0.1) is 0 Å². The van der Waals surface area contributed by atoms with Gasteiger partial charge in [0.2, 0.25) is 5.91 Å². The highest BCUT2D eigenvalue weighted by molar-refractivity contribution is 5.82. The van der Waals surface area contributed by atoms with Crippen LogP contribution in [0.4, 0.5) is 0 Å². The van der Waals surface area contributed by atoms with E-state index in [1.54, 1.807) is 6.20 Å². The number of aryl methyl sites for hydroxylation is 2. The largest absolute Gasteiger partial charge is 0.352 e. The first-order valence-electron chi connectivity index (χ1n) is 10.0. The summed E-state index contributed by atoms with van der Waals surface area (Å²) in [5.74, 6) is 0.430. The Morgan fingerprint density at radius 1 is 1.19 bits per heavy atom. The summed E-state index contributed by atoms with van der Waals surface area (Å²) in [6, 6.07) is 10.7. The average molecular weight is 364 g/mol. The minimum atomic E-state index is 0.206. The van der Waals surface area contributed by atoms with Crippen LogP contribution in [0.2, 0.25) is 0 Å². The van der Waals surface area contributed by atoms with E-state index >= 15 is 0 Å². The van der Waals surface area contributed by atoms with Crippen LogP contribution in [0, 0.1) is 25.2 Å². The predicted molar refractivity (Wildman–Crippen MR) is 107 cm³/mol. The van der Waals surface area contributed by atoms with E-state index in [1.807, 2.05) is 18.3 Å². The van der Waals surface area contributed by atoms with Crippen LogP contribution in [0.1, 0.15) is 41.5 Å². The second kappa shape index (κ2) is 7.43. The Labute approximate surface area is 162 Å². The summed E-state index contributed by atoms with van der Waals surface area (Å²) in [4.78, 5) is 19.2. The summed E-state index contributed by atoms with van der Waals surface area (Å²) in [6.45, 7) is 8.14. The van der Waals surface area contributed by atoms with Crippen molar-refractivity contribution in [2.45, 2.75) is 46.2 Å². The van der Waals surface area contributed by atoms with Gasteiger partial charge in [-0.1, -0.05) is 24.3 Å². The molecule has 1 amide bonds. The van der Waals surface area contributed by atoms with E-state index < -0.39 is 0 Å². The van der Waals surface area contributed by atoms with Crippen LogP contribution in [0.3, 0.4) is 0 Å². The summed E-state index contributed by atoms with van der Waals surface area (Å²) < 4.78 is 0. The van der Waals surface area contributed by atoms with Gasteiger partial charge in [-0.25, -0.2) is 0 Å². The second-order valence-electron chi connectivity index (χ2n) is 8.39. The van der Waals surface area contributed by atoms with Crippen molar-refractivity contribution >= 4 is 5.91 Å². The molecule has 1 aliphatic heterocycles. The second-order valence-corrected chi connectivity index (χ2v) is 8.39. The van der Waals surface area contributed by atoms with Crippen LogP contribution < -0.4 is 5.32 Å². The number of hydrogen-bond donors (Lipinski definition) is 1. The summed E-state index contributed by atoms with van der Waals surface area (Å²) >= 11 is 0. The van der Waals surface area contributed by atoms with Crippen molar-refractivity contribution in [3.05, 3.63) is 65.0 Å². The number of carbonyl (C=O) groups is 1. The molecule has 1 saturated carbocycles. The number of pyridine rings is 1. The molecule has 4 rings (SSSR count). The van der Waals surface area contributed by atoms with E-state index in [0.29, 0.717) is 6.54 Å². The number of hydrogen-bond acceptors (Lipinski definition) is 3. The summed E-state index contributed by atoms with van der Waals surface area (Å²) in [6.07, 6.45) is 6.91. The summed E-state index contributed by atoms with van der Waals surface area (Å²) in [7, 11) is 0. The highest BCUT2D eigenvalue weighted by atomic mass is 16.2. The topological polar surface area (TPSA) is 45.2 Å². The maximum atomic E-state index is 12.5. The molecule has 4 nitrogen and oxygen atoms in total. The highest BCUT2D eigenvalue weighted by Gasteiger charge is 2.58. The number of aromatic nitrogens is 1. The normalized spacial score (nSPS) is 21.2. The molecule has 1 unspecified atom stereocenters. The number of carbonyl (C=O) groups excluding carboxylic acids is 1. The van der Waals surface area contributed by atoms with E-state index in [-0.39, 0.29) is 17.2 Å². The van der Waals surface area contributed by atoms with Crippen molar-refractivity contribution in [2.75, 3.05) is 13.1 Å². The van der Waals surface area contributed by atoms with Crippen molar-refractivity contribution in [1.29, 1.82) is 0 Å². The van der Waals surface area contributed by atoms with Gasteiger partial charge in [0.15, 0.2) is 0 Å². The first-order chi connectivity index (χ1) is 13.1. The molecular formula is C23H29N3O. The van der Waals surface area contributed by atoms with Gasteiger partial charge in [-0.15, -0.1) is 0 Å². The molecule has 1 N–H and O–H groups in total. The molecule has 2 aliphatic rings. The van der Waals surface area contributed by atoms with Gasteiger partial charge >= 0.3 is 0 Å². The molecule has 1 aliphatic carbocycles. The Kier molecular flexibility index (Phi) is 5.00. The SMILES string of the molecule is Cc1ccc(CN2CCC3(CC2)CC3C(=O)NCc2cccnc2)cc1C. The van der Waals surface area contributed by atoms with E-state index in [9.17, 15) is 4.79 Å². The number of amides is 1. The third-order valence-corrected chi connectivity index (χ3v) is 6.53. The molecule has 1 aromatic heterocycles. The molecule has 142 valence electrons. The molecule has 0 bridgehead atoms. The van der Waals surface area contributed by atoms with Gasteiger partial charge in [0, 0.05) is 31.4 Å². The fraction of sp³-hybridized carbons (Fsp3) is 0.478. The van der Waals surface area contributed by atoms with Crippen LogP contribution in [0.25, 0.3) is 0 Å². The van der Waals surface area contributed by atoms with Crippen molar-refractivity contribution in [2.24, 2.45) is 11.3 Å². The Morgan fingerprint density at radius 3 is 2.70 bits per heavy atom.